The summed E-state index contributed by atoms with van der Waals surface area (Å²) in [5.74, 6) is -0.124. The van der Waals surface area contributed by atoms with Crippen LogP contribution in [0.1, 0.15) is 32.1 Å². The van der Waals surface area contributed by atoms with Crippen molar-refractivity contribution in [1.29, 1.82) is 0 Å². The first-order valence-electron chi connectivity index (χ1n) is 11.3. The van der Waals surface area contributed by atoms with Crippen LogP contribution in [0.4, 0.5) is 5.69 Å². The summed E-state index contributed by atoms with van der Waals surface area (Å²) < 4.78 is 28.4. The Bertz CT molecular complexity index is 1020. The molecule has 172 valence electrons. The maximum absolute atomic E-state index is 13.5. The molecule has 8 heteroatoms. The fourth-order valence-electron chi connectivity index (χ4n) is 4.63. The molecule has 32 heavy (non-hydrogen) atoms. The van der Waals surface area contributed by atoms with Gasteiger partial charge in [-0.1, -0.05) is 55.1 Å². The molecule has 2 aromatic rings. The maximum atomic E-state index is 13.5. The lowest BCUT2D eigenvalue weighted by Crippen LogP contribution is -2.53. The van der Waals surface area contributed by atoms with E-state index in [9.17, 15) is 13.2 Å². The molecule has 0 unspecified atom stereocenters. The molecule has 1 heterocycles. The molecule has 1 saturated heterocycles. The van der Waals surface area contributed by atoms with Crippen molar-refractivity contribution in [2.45, 2.75) is 43.0 Å². The van der Waals surface area contributed by atoms with E-state index in [1.807, 2.05) is 24.3 Å². The zero-order valence-corrected chi connectivity index (χ0v) is 19.8. The number of piperazine rings is 1. The van der Waals surface area contributed by atoms with Gasteiger partial charge in [0.1, 0.15) is 0 Å². The van der Waals surface area contributed by atoms with E-state index < -0.39 is 10.0 Å². The number of nitrogens with zero attached hydrogens (tertiary/aromatic N) is 3. The quantitative estimate of drug-likeness (QED) is 0.633. The average molecular weight is 476 g/mol. The average Bonchev–Trinajstić information content (AvgIpc) is 2.83. The van der Waals surface area contributed by atoms with Crippen LogP contribution in [0.3, 0.4) is 0 Å². The third-order valence-electron chi connectivity index (χ3n) is 6.43. The van der Waals surface area contributed by atoms with Crippen molar-refractivity contribution in [3.05, 3.63) is 59.6 Å². The zero-order chi connectivity index (χ0) is 22.6. The topological polar surface area (TPSA) is 60.9 Å². The van der Waals surface area contributed by atoms with E-state index in [1.54, 1.807) is 35.2 Å². The number of benzene rings is 2. The smallest absolute Gasteiger partial charge is 0.243 e. The summed E-state index contributed by atoms with van der Waals surface area (Å²) in [5, 5.41) is 0.690. The van der Waals surface area contributed by atoms with Gasteiger partial charge in [-0.3, -0.25) is 4.79 Å². The summed E-state index contributed by atoms with van der Waals surface area (Å²) >= 11 is 6.11. The number of carbonyl (C=O) groups is 1. The van der Waals surface area contributed by atoms with Crippen LogP contribution in [0.5, 0.6) is 0 Å². The van der Waals surface area contributed by atoms with Crippen LogP contribution < -0.4 is 4.90 Å². The van der Waals surface area contributed by atoms with E-state index >= 15 is 0 Å². The zero-order valence-electron chi connectivity index (χ0n) is 18.2. The van der Waals surface area contributed by atoms with Crippen molar-refractivity contribution in [1.82, 2.24) is 9.21 Å². The van der Waals surface area contributed by atoms with E-state index in [-0.39, 0.29) is 23.4 Å². The van der Waals surface area contributed by atoms with Crippen LogP contribution in [-0.4, -0.2) is 62.3 Å². The molecule has 0 bridgehead atoms. The summed E-state index contributed by atoms with van der Waals surface area (Å²) in [6, 6.07) is 16.1. The third-order valence-corrected chi connectivity index (χ3v) is 8.58. The van der Waals surface area contributed by atoms with Crippen molar-refractivity contribution < 1.29 is 13.2 Å². The standard InChI is InChI=1S/C24H30ClN3O3S/c25-20-8-7-11-22(18-20)26-14-16-27(17-15-26)24(29)19-28(21-9-3-1-4-10-21)32(30,31)23-12-5-2-6-13-23/h2,5-8,11-13,18,21H,1,3-4,9-10,14-17,19H2. The summed E-state index contributed by atoms with van der Waals surface area (Å²) in [6.07, 6.45) is 4.73. The lowest BCUT2D eigenvalue weighted by molar-refractivity contribution is -0.132. The van der Waals surface area contributed by atoms with Crippen molar-refractivity contribution in [3.8, 4) is 0 Å². The maximum Gasteiger partial charge on any atom is 0.243 e. The van der Waals surface area contributed by atoms with E-state index in [2.05, 4.69) is 4.90 Å². The number of halogens is 1. The van der Waals surface area contributed by atoms with Crippen molar-refractivity contribution >= 4 is 33.2 Å². The number of carbonyl (C=O) groups excluding carboxylic acids is 1. The van der Waals surface area contributed by atoms with Gasteiger partial charge in [0.2, 0.25) is 15.9 Å². The molecule has 0 N–H and O–H groups in total. The molecule has 1 saturated carbocycles. The second-order valence-electron chi connectivity index (χ2n) is 8.50. The normalized spacial score (nSPS) is 18.2. The summed E-state index contributed by atoms with van der Waals surface area (Å²) in [5.41, 5.74) is 1.04. The molecule has 0 atom stereocenters. The van der Waals surface area contributed by atoms with Gasteiger partial charge in [-0.25, -0.2) is 8.42 Å². The minimum atomic E-state index is -3.73. The molecular formula is C24H30ClN3O3S. The Morgan fingerprint density at radius 2 is 1.62 bits per heavy atom. The highest BCUT2D eigenvalue weighted by Gasteiger charge is 2.35. The number of anilines is 1. The Morgan fingerprint density at radius 3 is 2.28 bits per heavy atom. The van der Waals surface area contributed by atoms with Crippen molar-refractivity contribution in [2.24, 2.45) is 0 Å². The van der Waals surface area contributed by atoms with Crippen LogP contribution >= 0.6 is 11.6 Å². The van der Waals surface area contributed by atoms with Gasteiger partial charge in [0.15, 0.2) is 0 Å². The molecule has 1 aliphatic carbocycles. The van der Waals surface area contributed by atoms with E-state index in [0.29, 0.717) is 31.2 Å². The minimum absolute atomic E-state index is 0.0982. The van der Waals surface area contributed by atoms with Crippen molar-refractivity contribution in [3.63, 3.8) is 0 Å². The van der Waals surface area contributed by atoms with E-state index in [1.165, 1.54) is 4.31 Å². The fraction of sp³-hybridized carbons (Fsp3) is 0.458. The Morgan fingerprint density at radius 1 is 0.938 bits per heavy atom. The Hall–Kier alpha value is -2.09. The highest BCUT2D eigenvalue weighted by Crippen LogP contribution is 2.28. The molecule has 2 aromatic carbocycles. The van der Waals surface area contributed by atoms with Gasteiger partial charge >= 0.3 is 0 Å². The van der Waals surface area contributed by atoms with Crippen LogP contribution in [-0.2, 0) is 14.8 Å². The predicted molar refractivity (Wildman–Crippen MR) is 127 cm³/mol. The van der Waals surface area contributed by atoms with Gasteiger partial charge in [0.05, 0.1) is 11.4 Å². The van der Waals surface area contributed by atoms with E-state index in [0.717, 1.165) is 37.8 Å². The molecule has 2 fully saturated rings. The first-order chi connectivity index (χ1) is 15.4. The Balaban J connectivity index is 1.46. The summed E-state index contributed by atoms with van der Waals surface area (Å²) in [6.45, 7) is 2.42. The third kappa shape index (κ3) is 5.27. The second kappa shape index (κ2) is 10.2. The van der Waals surface area contributed by atoms with Crippen LogP contribution in [0, 0.1) is 0 Å². The SMILES string of the molecule is O=C(CN(C1CCCCC1)S(=O)(=O)c1ccccc1)N1CCN(c2cccc(Cl)c2)CC1. The lowest BCUT2D eigenvalue weighted by Gasteiger charge is -2.38. The van der Waals surface area contributed by atoms with E-state index in [4.69, 9.17) is 11.6 Å². The number of hydrogen-bond acceptors (Lipinski definition) is 4. The van der Waals surface area contributed by atoms with Gasteiger partial charge in [-0.2, -0.15) is 4.31 Å². The van der Waals surface area contributed by atoms with Crippen LogP contribution in [0.15, 0.2) is 59.5 Å². The van der Waals surface area contributed by atoms with Gasteiger partial charge in [0, 0.05) is 42.9 Å². The molecule has 0 radical (unpaired) electrons. The molecule has 1 aliphatic heterocycles. The number of hydrogen-bond donors (Lipinski definition) is 0. The lowest BCUT2D eigenvalue weighted by atomic mass is 9.95. The first-order valence-corrected chi connectivity index (χ1v) is 13.1. The summed E-state index contributed by atoms with van der Waals surface area (Å²) in [4.78, 5) is 17.5. The van der Waals surface area contributed by atoms with Crippen LogP contribution in [0.25, 0.3) is 0 Å². The number of rotatable bonds is 6. The van der Waals surface area contributed by atoms with Crippen molar-refractivity contribution in [2.75, 3.05) is 37.6 Å². The monoisotopic (exact) mass is 475 g/mol. The van der Waals surface area contributed by atoms with Gasteiger partial charge in [-0.05, 0) is 43.2 Å². The molecule has 2 aliphatic rings. The minimum Gasteiger partial charge on any atom is -0.368 e. The molecule has 4 rings (SSSR count). The number of amides is 1. The molecular weight excluding hydrogens is 446 g/mol. The molecule has 1 amide bonds. The molecule has 6 nitrogen and oxygen atoms in total. The van der Waals surface area contributed by atoms with Gasteiger partial charge < -0.3 is 9.80 Å². The highest BCUT2D eigenvalue weighted by molar-refractivity contribution is 7.89. The Labute approximate surface area is 195 Å². The Kier molecular flexibility index (Phi) is 7.38. The largest absolute Gasteiger partial charge is 0.368 e. The highest BCUT2D eigenvalue weighted by atomic mass is 35.5. The first kappa shape index (κ1) is 23.1. The van der Waals surface area contributed by atoms with Crippen LogP contribution in [0.2, 0.25) is 5.02 Å². The fourth-order valence-corrected chi connectivity index (χ4v) is 6.47. The summed E-state index contributed by atoms with van der Waals surface area (Å²) in [7, 11) is -3.73. The molecule has 0 spiro atoms. The molecule has 0 aromatic heterocycles. The van der Waals surface area contributed by atoms with Gasteiger partial charge in [0.25, 0.3) is 0 Å². The predicted octanol–water partition coefficient (Wildman–Crippen LogP) is 4.01. The second-order valence-corrected chi connectivity index (χ2v) is 10.8. The number of sulfonamides is 1. The van der Waals surface area contributed by atoms with Gasteiger partial charge in [-0.15, -0.1) is 0 Å².